The predicted octanol–water partition coefficient (Wildman–Crippen LogP) is 3.12. The first-order chi connectivity index (χ1) is 11.2. The van der Waals surface area contributed by atoms with Crippen molar-refractivity contribution in [2.75, 3.05) is 19.7 Å². The molecule has 2 atom stereocenters. The lowest BCUT2D eigenvalue weighted by Gasteiger charge is -2.43. The molecule has 122 valence electrons. The Kier molecular flexibility index (Phi) is 3.66. The number of aliphatic hydroxyl groups is 1. The quantitative estimate of drug-likeness (QED) is 0.747. The number of phenols is 1. The van der Waals surface area contributed by atoms with Crippen molar-refractivity contribution in [3.8, 4) is 5.75 Å². The number of benzene rings is 1. The van der Waals surface area contributed by atoms with Crippen molar-refractivity contribution in [1.29, 1.82) is 0 Å². The Balaban J connectivity index is 1.75. The second-order valence-corrected chi connectivity index (χ2v) is 6.79. The van der Waals surface area contributed by atoms with E-state index in [-0.39, 0.29) is 6.61 Å². The molecule has 0 amide bonds. The number of nitrogens with one attached hydrogen (secondary N) is 1. The third-order valence-electron chi connectivity index (χ3n) is 5.61. The van der Waals surface area contributed by atoms with Crippen molar-refractivity contribution in [2.45, 2.75) is 32.2 Å². The molecule has 1 fully saturated rings. The summed E-state index contributed by atoms with van der Waals surface area (Å²) in [6.45, 7) is 4.43. The van der Waals surface area contributed by atoms with Gasteiger partial charge in [-0.1, -0.05) is 11.6 Å². The Morgan fingerprint density at radius 2 is 2.26 bits per heavy atom. The first-order valence-electron chi connectivity index (χ1n) is 8.54. The molecule has 0 spiro atoms. The van der Waals surface area contributed by atoms with Gasteiger partial charge in [0.15, 0.2) is 0 Å². The summed E-state index contributed by atoms with van der Waals surface area (Å²) in [5.74, 6) is 0.803. The zero-order chi connectivity index (χ0) is 16.0. The predicted molar refractivity (Wildman–Crippen MR) is 91.5 cm³/mol. The average Bonchev–Trinajstić information content (AvgIpc) is 2.93. The fraction of sp³-hybridized carbons (Fsp3) is 0.474. The number of fused-ring (bicyclic) bond motifs is 5. The molecule has 1 aromatic carbocycles. The van der Waals surface area contributed by atoms with Gasteiger partial charge in [0.1, 0.15) is 5.75 Å². The number of nitrogens with zero attached hydrogens (tertiary/aromatic N) is 1. The van der Waals surface area contributed by atoms with Gasteiger partial charge in [-0.2, -0.15) is 0 Å². The number of aromatic nitrogens is 1. The van der Waals surface area contributed by atoms with E-state index in [9.17, 15) is 10.2 Å². The smallest absolute Gasteiger partial charge is 0.116 e. The molecular weight excluding hydrogens is 288 g/mol. The highest BCUT2D eigenvalue weighted by atomic mass is 16.3. The van der Waals surface area contributed by atoms with Gasteiger partial charge in [-0.3, -0.25) is 4.90 Å². The summed E-state index contributed by atoms with van der Waals surface area (Å²) in [4.78, 5) is 6.16. The standard InChI is InChI=1S/C19H24N2O2/c1-2-12-11-21-7-5-15-16-10-14(23)3-4-17(16)20-19(15)18(21)9-13(12)6-8-22/h2-4,10,13,18,20,22-23H,5-9,11H2,1H3. The Hall–Kier alpha value is -1.78. The van der Waals surface area contributed by atoms with Gasteiger partial charge in [0.05, 0.1) is 6.04 Å². The molecule has 1 aromatic heterocycles. The second-order valence-electron chi connectivity index (χ2n) is 6.79. The van der Waals surface area contributed by atoms with Gasteiger partial charge in [-0.15, -0.1) is 0 Å². The highest BCUT2D eigenvalue weighted by Crippen LogP contribution is 2.43. The summed E-state index contributed by atoms with van der Waals surface area (Å²) in [5, 5.41) is 20.4. The summed E-state index contributed by atoms with van der Waals surface area (Å²) in [7, 11) is 0. The number of piperidine rings is 1. The van der Waals surface area contributed by atoms with E-state index < -0.39 is 0 Å². The van der Waals surface area contributed by atoms with Crippen LogP contribution in [0.5, 0.6) is 5.75 Å². The molecular formula is C19H24N2O2. The maximum absolute atomic E-state index is 9.80. The van der Waals surface area contributed by atoms with Gasteiger partial charge in [0.2, 0.25) is 0 Å². The van der Waals surface area contributed by atoms with Crippen LogP contribution < -0.4 is 0 Å². The fourth-order valence-electron chi connectivity index (χ4n) is 4.43. The molecule has 4 rings (SSSR count). The zero-order valence-electron chi connectivity index (χ0n) is 13.5. The molecule has 2 aliphatic rings. The normalized spacial score (nSPS) is 26.4. The van der Waals surface area contributed by atoms with Gasteiger partial charge >= 0.3 is 0 Å². The Labute approximate surface area is 136 Å². The Morgan fingerprint density at radius 1 is 1.39 bits per heavy atom. The van der Waals surface area contributed by atoms with E-state index in [2.05, 4.69) is 22.9 Å². The number of rotatable bonds is 2. The van der Waals surface area contributed by atoms with E-state index in [0.717, 1.165) is 43.3 Å². The van der Waals surface area contributed by atoms with Gasteiger partial charge in [0, 0.05) is 36.3 Å². The van der Waals surface area contributed by atoms with Gasteiger partial charge in [-0.05, 0) is 55.9 Å². The summed E-state index contributed by atoms with van der Waals surface area (Å²) >= 11 is 0. The van der Waals surface area contributed by atoms with Crippen LogP contribution in [-0.4, -0.2) is 39.8 Å². The number of aliphatic hydroxyl groups excluding tert-OH is 1. The van der Waals surface area contributed by atoms with E-state index in [1.54, 1.807) is 6.07 Å². The molecule has 0 radical (unpaired) electrons. The van der Waals surface area contributed by atoms with Crippen LogP contribution in [0.25, 0.3) is 10.9 Å². The molecule has 2 unspecified atom stereocenters. The third kappa shape index (κ3) is 2.37. The lowest BCUT2D eigenvalue weighted by molar-refractivity contribution is 0.126. The van der Waals surface area contributed by atoms with E-state index in [1.165, 1.54) is 16.8 Å². The van der Waals surface area contributed by atoms with Crippen molar-refractivity contribution in [3.63, 3.8) is 0 Å². The number of allylic oxidation sites excluding steroid dienone is 1. The molecule has 0 saturated carbocycles. The SMILES string of the molecule is CC=C1CN2CCc3c([nH]c4ccc(O)cc34)C2CC1CCO. The van der Waals surface area contributed by atoms with Crippen molar-refractivity contribution in [2.24, 2.45) is 5.92 Å². The van der Waals surface area contributed by atoms with Crippen LogP contribution in [0.15, 0.2) is 29.8 Å². The first kappa shape index (κ1) is 14.8. The summed E-state index contributed by atoms with van der Waals surface area (Å²) < 4.78 is 0. The molecule has 3 N–H and O–H groups in total. The van der Waals surface area contributed by atoms with Crippen molar-refractivity contribution >= 4 is 10.9 Å². The lowest BCUT2D eigenvalue weighted by Crippen LogP contribution is -2.42. The van der Waals surface area contributed by atoms with Crippen LogP contribution in [0.1, 0.15) is 37.1 Å². The summed E-state index contributed by atoms with van der Waals surface area (Å²) in [6.07, 6.45) is 5.17. The number of hydrogen-bond donors (Lipinski definition) is 3. The van der Waals surface area contributed by atoms with Crippen LogP contribution in [0.2, 0.25) is 0 Å². The lowest BCUT2D eigenvalue weighted by atomic mass is 9.80. The minimum atomic E-state index is 0.252. The minimum Gasteiger partial charge on any atom is -0.508 e. The Bertz CT molecular complexity index is 762. The molecule has 3 heterocycles. The molecule has 2 aliphatic heterocycles. The van der Waals surface area contributed by atoms with E-state index in [0.29, 0.717) is 17.7 Å². The molecule has 2 aromatic rings. The maximum Gasteiger partial charge on any atom is 0.116 e. The molecule has 4 heteroatoms. The second kappa shape index (κ2) is 5.69. The maximum atomic E-state index is 9.80. The molecule has 1 saturated heterocycles. The molecule has 23 heavy (non-hydrogen) atoms. The fourth-order valence-corrected chi connectivity index (χ4v) is 4.43. The number of hydrogen-bond acceptors (Lipinski definition) is 3. The Morgan fingerprint density at radius 3 is 3.04 bits per heavy atom. The monoisotopic (exact) mass is 312 g/mol. The number of H-pyrrole nitrogens is 1. The van der Waals surface area contributed by atoms with E-state index >= 15 is 0 Å². The van der Waals surface area contributed by atoms with Crippen molar-refractivity contribution < 1.29 is 10.2 Å². The van der Waals surface area contributed by atoms with Gasteiger partial charge < -0.3 is 15.2 Å². The number of aromatic hydroxyl groups is 1. The summed E-state index contributed by atoms with van der Waals surface area (Å²) in [6, 6.07) is 5.99. The topological polar surface area (TPSA) is 59.5 Å². The third-order valence-corrected chi connectivity index (χ3v) is 5.61. The van der Waals surface area contributed by atoms with Crippen LogP contribution in [0.4, 0.5) is 0 Å². The van der Waals surface area contributed by atoms with Crippen LogP contribution in [0.3, 0.4) is 0 Å². The molecule has 4 nitrogen and oxygen atoms in total. The molecule has 0 bridgehead atoms. The van der Waals surface area contributed by atoms with E-state index in [1.807, 2.05) is 12.1 Å². The van der Waals surface area contributed by atoms with Crippen LogP contribution in [-0.2, 0) is 6.42 Å². The average molecular weight is 312 g/mol. The highest BCUT2D eigenvalue weighted by Gasteiger charge is 2.37. The highest BCUT2D eigenvalue weighted by molar-refractivity contribution is 5.86. The van der Waals surface area contributed by atoms with Crippen molar-refractivity contribution in [1.82, 2.24) is 9.88 Å². The zero-order valence-corrected chi connectivity index (χ0v) is 13.5. The summed E-state index contributed by atoms with van der Waals surface area (Å²) in [5.41, 5.74) is 5.26. The first-order valence-corrected chi connectivity index (χ1v) is 8.54. The largest absolute Gasteiger partial charge is 0.508 e. The van der Waals surface area contributed by atoms with Crippen LogP contribution in [0, 0.1) is 5.92 Å². The van der Waals surface area contributed by atoms with Gasteiger partial charge in [-0.25, -0.2) is 0 Å². The number of aromatic amines is 1. The van der Waals surface area contributed by atoms with E-state index in [4.69, 9.17) is 0 Å². The number of phenolic OH excluding ortho intramolecular Hbond substituents is 1. The minimum absolute atomic E-state index is 0.252. The van der Waals surface area contributed by atoms with Gasteiger partial charge in [0.25, 0.3) is 0 Å². The van der Waals surface area contributed by atoms with Crippen LogP contribution >= 0.6 is 0 Å². The van der Waals surface area contributed by atoms with Crippen molar-refractivity contribution in [3.05, 3.63) is 41.1 Å². The molecule has 0 aliphatic carbocycles.